The van der Waals surface area contributed by atoms with Crippen molar-refractivity contribution >= 4 is 21.7 Å². The lowest BCUT2D eigenvalue weighted by molar-refractivity contribution is 0.636. The fourth-order valence-electron chi connectivity index (χ4n) is 3.43. The van der Waals surface area contributed by atoms with Gasteiger partial charge < -0.3 is 0 Å². The second kappa shape index (κ2) is 8.81. The van der Waals surface area contributed by atoms with Crippen LogP contribution in [-0.2, 0) is 12.8 Å². The van der Waals surface area contributed by atoms with E-state index in [0.29, 0.717) is 5.92 Å². The SMILES string of the molecule is CCc1cc(CC(C)C)nc2ccccc12.Cc1ccc2ccccc2c1. The van der Waals surface area contributed by atoms with E-state index in [9.17, 15) is 0 Å². The van der Waals surface area contributed by atoms with Crippen LogP contribution in [0.2, 0.25) is 0 Å². The quantitative estimate of drug-likeness (QED) is 0.380. The van der Waals surface area contributed by atoms with Gasteiger partial charge in [0.2, 0.25) is 0 Å². The lowest BCUT2D eigenvalue weighted by Gasteiger charge is -2.09. The summed E-state index contributed by atoms with van der Waals surface area (Å²) in [5.74, 6) is 0.665. The maximum absolute atomic E-state index is 4.72. The molecule has 1 aromatic heterocycles. The van der Waals surface area contributed by atoms with Gasteiger partial charge in [0.1, 0.15) is 0 Å². The van der Waals surface area contributed by atoms with Crippen LogP contribution in [0.15, 0.2) is 72.8 Å². The molecule has 0 aliphatic heterocycles. The van der Waals surface area contributed by atoms with Gasteiger partial charge in [0.15, 0.2) is 0 Å². The molecule has 0 fully saturated rings. The maximum atomic E-state index is 4.72. The number of hydrogen-bond acceptors (Lipinski definition) is 1. The van der Waals surface area contributed by atoms with Crippen LogP contribution in [0.25, 0.3) is 21.7 Å². The Morgan fingerprint density at radius 3 is 2.26 bits per heavy atom. The van der Waals surface area contributed by atoms with Crippen molar-refractivity contribution in [3.05, 3.63) is 89.6 Å². The van der Waals surface area contributed by atoms with Crippen molar-refractivity contribution in [1.29, 1.82) is 0 Å². The summed E-state index contributed by atoms with van der Waals surface area (Å²) < 4.78 is 0. The Labute approximate surface area is 163 Å². The van der Waals surface area contributed by atoms with E-state index in [2.05, 4.69) is 100 Å². The van der Waals surface area contributed by atoms with E-state index < -0.39 is 0 Å². The van der Waals surface area contributed by atoms with Gasteiger partial charge in [-0.1, -0.05) is 87.0 Å². The molecule has 0 saturated carbocycles. The highest BCUT2D eigenvalue weighted by molar-refractivity contribution is 5.83. The van der Waals surface area contributed by atoms with E-state index >= 15 is 0 Å². The highest BCUT2D eigenvalue weighted by Crippen LogP contribution is 2.20. The molecule has 138 valence electrons. The van der Waals surface area contributed by atoms with Crippen LogP contribution in [-0.4, -0.2) is 4.98 Å². The monoisotopic (exact) mass is 355 g/mol. The molecule has 0 radical (unpaired) electrons. The van der Waals surface area contributed by atoms with Gasteiger partial charge in [-0.15, -0.1) is 0 Å². The van der Waals surface area contributed by atoms with Gasteiger partial charge in [0, 0.05) is 11.1 Å². The van der Waals surface area contributed by atoms with Gasteiger partial charge in [-0.25, -0.2) is 0 Å². The normalized spacial score (nSPS) is 10.9. The number of para-hydroxylation sites is 1. The summed E-state index contributed by atoms with van der Waals surface area (Å²) in [4.78, 5) is 4.72. The zero-order valence-electron chi connectivity index (χ0n) is 16.9. The van der Waals surface area contributed by atoms with Gasteiger partial charge in [-0.2, -0.15) is 0 Å². The predicted octanol–water partition coefficient (Wildman–Crippen LogP) is 7.14. The van der Waals surface area contributed by atoms with Crippen LogP contribution < -0.4 is 0 Å². The number of fused-ring (bicyclic) bond motifs is 2. The number of pyridine rings is 1. The lowest BCUT2D eigenvalue weighted by Crippen LogP contribution is -1.99. The summed E-state index contributed by atoms with van der Waals surface area (Å²) >= 11 is 0. The molecule has 0 spiro atoms. The van der Waals surface area contributed by atoms with Crippen molar-refractivity contribution < 1.29 is 0 Å². The van der Waals surface area contributed by atoms with Crippen LogP contribution in [0.1, 0.15) is 37.6 Å². The molecular weight excluding hydrogens is 326 g/mol. The minimum absolute atomic E-state index is 0.665. The molecule has 3 aromatic carbocycles. The van der Waals surface area contributed by atoms with Crippen LogP contribution >= 0.6 is 0 Å². The van der Waals surface area contributed by atoms with Gasteiger partial charge in [-0.05, 0) is 54.2 Å². The molecule has 0 unspecified atom stereocenters. The maximum Gasteiger partial charge on any atom is 0.0708 e. The van der Waals surface area contributed by atoms with Gasteiger partial charge in [0.25, 0.3) is 0 Å². The minimum Gasteiger partial charge on any atom is -0.253 e. The molecule has 1 nitrogen and oxygen atoms in total. The highest BCUT2D eigenvalue weighted by atomic mass is 14.7. The first kappa shape index (κ1) is 19.1. The molecule has 0 saturated heterocycles. The Bertz CT molecular complexity index is 1030. The Hall–Kier alpha value is -2.67. The number of nitrogens with zero attached hydrogens (tertiary/aromatic N) is 1. The van der Waals surface area contributed by atoms with Gasteiger partial charge >= 0.3 is 0 Å². The van der Waals surface area contributed by atoms with Crippen molar-refractivity contribution in [3.8, 4) is 0 Å². The summed E-state index contributed by atoms with van der Waals surface area (Å²) in [5, 5.41) is 3.95. The molecule has 0 N–H and O–H groups in total. The molecule has 0 atom stereocenters. The molecule has 0 amide bonds. The fraction of sp³-hybridized carbons (Fsp3) is 0.269. The average Bonchev–Trinajstić information content (AvgIpc) is 2.67. The third-order valence-electron chi connectivity index (χ3n) is 4.76. The summed E-state index contributed by atoms with van der Waals surface area (Å²) in [5.41, 5.74) is 5.10. The molecule has 4 rings (SSSR count). The van der Waals surface area contributed by atoms with Crippen molar-refractivity contribution in [2.45, 2.75) is 40.5 Å². The molecule has 0 aliphatic rings. The predicted molar refractivity (Wildman–Crippen MR) is 118 cm³/mol. The number of aryl methyl sites for hydroxylation is 2. The Balaban J connectivity index is 0.000000166. The Morgan fingerprint density at radius 1 is 0.815 bits per heavy atom. The highest BCUT2D eigenvalue weighted by Gasteiger charge is 2.05. The van der Waals surface area contributed by atoms with Gasteiger partial charge in [0.05, 0.1) is 5.52 Å². The zero-order chi connectivity index (χ0) is 19.2. The molecule has 4 aromatic rings. The molecule has 1 heteroatoms. The second-order valence-corrected chi connectivity index (χ2v) is 7.59. The average molecular weight is 356 g/mol. The van der Waals surface area contributed by atoms with Crippen LogP contribution in [0.5, 0.6) is 0 Å². The topological polar surface area (TPSA) is 12.9 Å². The summed E-state index contributed by atoms with van der Waals surface area (Å²) in [7, 11) is 0. The van der Waals surface area contributed by atoms with Crippen molar-refractivity contribution in [2.75, 3.05) is 0 Å². The van der Waals surface area contributed by atoms with E-state index in [4.69, 9.17) is 4.98 Å². The van der Waals surface area contributed by atoms with E-state index in [-0.39, 0.29) is 0 Å². The Morgan fingerprint density at radius 2 is 1.52 bits per heavy atom. The molecule has 27 heavy (non-hydrogen) atoms. The van der Waals surface area contributed by atoms with E-state index in [0.717, 1.165) is 18.4 Å². The summed E-state index contributed by atoms with van der Waals surface area (Å²) in [6.45, 7) is 8.80. The summed E-state index contributed by atoms with van der Waals surface area (Å²) in [6, 6.07) is 25.6. The zero-order valence-corrected chi connectivity index (χ0v) is 16.9. The molecule has 0 bridgehead atoms. The van der Waals surface area contributed by atoms with E-state index in [1.807, 2.05) is 0 Å². The van der Waals surface area contributed by atoms with Crippen LogP contribution in [0.4, 0.5) is 0 Å². The first-order chi connectivity index (χ1) is 13.1. The first-order valence-electron chi connectivity index (χ1n) is 9.89. The number of hydrogen-bond donors (Lipinski definition) is 0. The van der Waals surface area contributed by atoms with E-state index in [1.165, 1.54) is 33.0 Å². The standard InChI is InChI=1S/C15H19N.C11H10/c1-4-12-10-13(9-11(2)3)16-15-8-6-5-7-14(12)15;1-9-6-7-10-4-2-3-5-11(10)8-9/h5-8,10-11H,4,9H2,1-3H3;2-8H,1H3. The van der Waals surface area contributed by atoms with Crippen LogP contribution in [0.3, 0.4) is 0 Å². The van der Waals surface area contributed by atoms with E-state index in [1.54, 1.807) is 0 Å². The minimum atomic E-state index is 0.665. The van der Waals surface area contributed by atoms with Crippen LogP contribution in [0, 0.1) is 12.8 Å². The lowest BCUT2D eigenvalue weighted by atomic mass is 10.0. The fourth-order valence-corrected chi connectivity index (χ4v) is 3.43. The molecule has 1 heterocycles. The smallest absolute Gasteiger partial charge is 0.0708 e. The largest absolute Gasteiger partial charge is 0.253 e. The number of rotatable bonds is 3. The Kier molecular flexibility index (Phi) is 6.24. The third kappa shape index (κ3) is 4.95. The summed E-state index contributed by atoms with van der Waals surface area (Å²) in [6.07, 6.45) is 2.14. The molecule has 0 aliphatic carbocycles. The first-order valence-corrected chi connectivity index (χ1v) is 9.89. The number of benzene rings is 3. The molecular formula is C26H29N. The van der Waals surface area contributed by atoms with Crippen molar-refractivity contribution in [1.82, 2.24) is 4.98 Å². The van der Waals surface area contributed by atoms with Crippen molar-refractivity contribution in [3.63, 3.8) is 0 Å². The number of aromatic nitrogens is 1. The third-order valence-corrected chi connectivity index (χ3v) is 4.76. The van der Waals surface area contributed by atoms with Crippen molar-refractivity contribution in [2.24, 2.45) is 5.92 Å². The second-order valence-electron chi connectivity index (χ2n) is 7.59. The van der Waals surface area contributed by atoms with Gasteiger partial charge in [-0.3, -0.25) is 4.98 Å².